The van der Waals surface area contributed by atoms with Crippen LogP contribution in [0.2, 0.25) is 0 Å². The van der Waals surface area contributed by atoms with E-state index in [1.165, 1.54) is 30.4 Å². The van der Waals surface area contributed by atoms with Gasteiger partial charge in [0.15, 0.2) is 0 Å². The molecule has 4 aliphatic heterocycles. The van der Waals surface area contributed by atoms with Crippen molar-refractivity contribution in [1.29, 1.82) is 0 Å². The molecule has 0 amide bonds. The number of hydrogen-bond donors (Lipinski definition) is 0. The van der Waals surface area contributed by atoms with E-state index in [1.54, 1.807) is 0 Å². The molecule has 9 heteroatoms. The van der Waals surface area contributed by atoms with Crippen LogP contribution in [0.5, 0.6) is 0 Å². The largest absolute Gasteiger partial charge is 0.494 e. The van der Waals surface area contributed by atoms with Gasteiger partial charge in [0.1, 0.15) is 36.1 Å². The molecule has 0 saturated carbocycles. The van der Waals surface area contributed by atoms with Crippen molar-refractivity contribution in [2.45, 2.75) is 303 Å². The van der Waals surface area contributed by atoms with Crippen molar-refractivity contribution in [3.63, 3.8) is 0 Å². The number of carbonyl (C=O) groups is 2. The zero-order valence-electron chi connectivity index (χ0n) is 53.7. The van der Waals surface area contributed by atoms with E-state index < -0.39 is 17.3 Å². The summed E-state index contributed by atoms with van der Waals surface area (Å²) in [6.07, 6.45) is 8.83. The van der Waals surface area contributed by atoms with Gasteiger partial charge in [0.05, 0.1) is 11.8 Å². The smallest absolute Gasteiger partial charge is 0.306 e. The summed E-state index contributed by atoms with van der Waals surface area (Å²) in [5.41, 5.74) is 1.50. The van der Waals surface area contributed by atoms with Crippen molar-refractivity contribution in [3.05, 3.63) is 59.6 Å². The van der Waals surface area contributed by atoms with Crippen molar-refractivity contribution in [1.82, 2.24) is 19.6 Å². The third-order valence-corrected chi connectivity index (χ3v) is 20.1. The van der Waals surface area contributed by atoms with E-state index in [4.69, 9.17) is 27.4 Å². The summed E-state index contributed by atoms with van der Waals surface area (Å²) in [6.45, 7) is 61.7. The molecule has 0 bridgehead atoms. The second-order valence-electron chi connectivity index (χ2n) is 31.6. The Hall–Kier alpha value is -2.72. The Bertz CT molecular complexity index is 2020. The SMILES string of the molecule is C=C(OC1CC(C)(C)N(C)C(C)(C)C1)C(Cc1cc(C(C)(C)C)cc(C(C)(C)C)c1)(C(=C)OC1CC(C)(C)N(C)C(C)(C)C1)C(C=O)CC(=O)OC1CC(C)(C)N(C)C(C)(C)C1.CCC1CC(C)(C)N(C)C(C)(C)C1. The maximum Gasteiger partial charge on any atom is 0.306 e. The van der Waals surface area contributed by atoms with Gasteiger partial charge in [-0.15, -0.1) is 0 Å². The molecule has 0 radical (unpaired) electrons. The number of likely N-dealkylation sites (tertiary alicyclic amines) is 4. The maximum absolute atomic E-state index is 14.5. The van der Waals surface area contributed by atoms with Crippen LogP contribution in [-0.4, -0.2) is 123 Å². The fourth-order valence-corrected chi connectivity index (χ4v) is 14.2. The van der Waals surface area contributed by atoms with E-state index in [9.17, 15) is 9.59 Å². The quantitative estimate of drug-likeness (QED) is 0.103. The Morgan fingerprint density at radius 2 is 0.813 bits per heavy atom. The molecule has 75 heavy (non-hydrogen) atoms. The van der Waals surface area contributed by atoms with Gasteiger partial charge in [-0.25, -0.2) is 0 Å². The Kier molecular flexibility index (Phi) is 19.1. The predicted octanol–water partition coefficient (Wildman–Crippen LogP) is 14.9. The Balaban J connectivity index is 0.000000813. The van der Waals surface area contributed by atoms with Gasteiger partial charge in [-0.3, -0.25) is 24.4 Å². The molecule has 0 aliphatic carbocycles. The number of carbonyl (C=O) groups excluding carboxylic acids is 2. The zero-order chi connectivity index (χ0) is 57.9. The average Bonchev–Trinajstić information content (AvgIpc) is 3.22. The first-order chi connectivity index (χ1) is 33.6. The molecule has 9 nitrogen and oxygen atoms in total. The van der Waals surface area contributed by atoms with Gasteiger partial charge in [0.2, 0.25) is 0 Å². The van der Waals surface area contributed by atoms with Gasteiger partial charge in [0, 0.05) is 88.8 Å². The molecule has 430 valence electrons. The molecule has 4 heterocycles. The average molecular weight is 1050 g/mol. The van der Waals surface area contributed by atoms with Crippen LogP contribution in [0.1, 0.15) is 240 Å². The molecule has 1 aromatic carbocycles. The normalized spacial score (nSPS) is 25.1. The number of ether oxygens (including phenoxy) is 3. The van der Waals surface area contributed by atoms with Crippen LogP contribution >= 0.6 is 0 Å². The second-order valence-corrected chi connectivity index (χ2v) is 31.6. The Morgan fingerprint density at radius 3 is 1.08 bits per heavy atom. The van der Waals surface area contributed by atoms with Crippen molar-refractivity contribution < 1.29 is 23.8 Å². The van der Waals surface area contributed by atoms with Crippen LogP contribution in [0.3, 0.4) is 0 Å². The summed E-state index contributed by atoms with van der Waals surface area (Å²) in [4.78, 5) is 38.5. The number of hydrogen-bond acceptors (Lipinski definition) is 9. The lowest BCUT2D eigenvalue weighted by Crippen LogP contribution is -2.60. The minimum Gasteiger partial charge on any atom is -0.494 e. The summed E-state index contributed by atoms with van der Waals surface area (Å²) in [7, 11) is 8.79. The summed E-state index contributed by atoms with van der Waals surface area (Å²) < 4.78 is 20.9. The van der Waals surface area contributed by atoms with Crippen molar-refractivity contribution >= 4 is 12.3 Å². The van der Waals surface area contributed by atoms with Gasteiger partial charge in [-0.1, -0.05) is 86.2 Å². The Labute approximate surface area is 462 Å². The fourth-order valence-electron chi connectivity index (χ4n) is 14.2. The number of piperidine rings is 4. The molecule has 0 N–H and O–H groups in total. The number of nitrogens with zero attached hydrogens (tertiary/aromatic N) is 4. The highest BCUT2D eigenvalue weighted by atomic mass is 16.5. The number of aldehydes is 1. The highest BCUT2D eigenvalue weighted by molar-refractivity contribution is 5.75. The molecular formula is C66H116N4O5. The lowest BCUT2D eigenvalue weighted by Gasteiger charge is -2.55. The molecule has 4 saturated heterocycles. The number of esters is 1. The first kappa shape index (κ1) is 64.8. The third-order valence-electron chi connectivity index (χ3n) is 20.1. The van der Waals surface area contributed by atoms with Gasteiger partial charge in [-0.05, 0) is 192 Å². The van der Waals surface area contributed by atoms with Crippen LogP contribution in [0, 0.1) is 17.3 Å². The molecule has 1 aromatic rings. The van der Waals surface area contributed by atoms with E-state index in [1.807, 2.05) is 0 Å². The number of rotatable bonds is 14. The molecule has 4 aliphatic rings. The third kappa shape index (κ3) is 14.8. The van der Waals surface area contributed by atoms with Gasteiger partial charge >= 0.3 is 5.97 Å². The lowest BCUT2D eigenvalue weighted by molar-refractivity contribution is -0.162. The first-order valence-corrected chi connectivity index (χ1v) is 29.1. The van der Waals surface area contributed by atoms with Crippen LogP contribution in [0.15, 0.2) is 42.9 Å². The van der Waals surface area contributed by atoms with Crippen LogP contribution in [0.4, 0.5) is 0 Å². The van der Waals surface area contributed by atoms with Crippen molar-refractivity contribution in [2.24, 2.45) is 17.3 Å². The highest BCUT2D eigenvalue weighted by Crippen LogP contribution is 2.52. The lowest BCUT2D eigenvalue weighted by atomic mass is 9.66. The second kappa shape index (κ2) is 22.1. The van der Waals surface area contributed by atoms with E-state index in [-0.39, 0.29) is 68.8 Å². The summed E-state index contributed by atoms with van der Waals surface area (Å²) in [5, 5.41) is 0. The molecule has 4 fully saturated rings. The minimum atomic E-state index is -1.33. The zero-order valence-corrected chi connectivity index (χ0v) is 53.7. The molecular weight excluding hydrogens is 929 g/mol. The van der Waals surface area contributed by atoms with Crippen molar-refractivity contribution in [3.8, 4) is 0 Å². The van der Waals surface area contributed by atoms with Crippen LogP contribution in [-0.2, 0) is 41.1 Å². The van der Waals surface area contributed by atoms with E-state index in [2.05, 4.69) is 225 Å². The predicted molar refractivity (Wildman–Crippen MR) is 316 cm³/mol. The Morgan fingerprint density at radius 1 is 0.533 bits per heavy atom. The molecule has 0 aromatic heterocycles. The van der Waals surface area contributed by atoms with Crippen molar-refractivity contribution in [2.75, 3.05) is 28.2 Å². The van der Waals surface area contributed by atoms with E-state index in [0.29, 0.717) is 41.9 Å². The van der Waals surface area contributed by atoms with Crippen LogP contribution < -0.4 is 0 Å². The van der Waals surface area contributed by atoms with Crippen LogP contribution in [0.25, 0.3) is 0 Å². The fraction of sp³-hybridized carbons (Fsp3) is 0.818. The van der Waals surface area contributed by atoms with E-state index >= 15 is 0 Å². The standard InChI is InChI=1S/C54H91N3O5.C12H25N/c1-36(60-42-29-48(9,10)55(21)49(11,12)30-42)54(37(2)61-43-31-50(13,14)56(22)51(15,16)32-43,28-38-24-39(46(3,4)5)26-40(25-38)47(6,7)8)41(35-58)27-45(59)62-44-33-52(17,18)57(23)53(19,20)34-44;1-7-10-8-11(2,3)13(6)12(4,5)9-10/h24-26,35,41-44H,1-2,27-34H2,3-23H3;10H,7-9H2,1-6H3. The molecule has 1 unspecified atom stereocenters. The topological polar surface area (TPSA) is 74.8 Å². The summed E-state index contributed by atoms with van der Waals surface area (Å²) >= 11 is 0. The highest BCUT2D eigenvalue weighted by Gasteiger charge is 2.54. The van der Waals surface area contributed by atoms with Gasteiger partial charge < -0.3 is 19.0 Å². The monoisotopic (exact) mass is 1040 g/mol. The first-order valence-electron chi connectivity index (χ1n) is 29.1. The summed E-state index contributed by atoms with van der Waals surface area (Å²) in [5.74, 6) is 0.398. The molecule has 1 atom stereocenters. The molecule has 5 rings (SSSR count). The number of benzene rings is 1. The minimum absolute atomic E-state index is 0.153. The van der Waals surface area contributed by atoms with Gasteiger partial charge in [0.25, 0.3) is 0 Å². The van der Waals surface area contributed by atoms with E-state index in [0.717, 1.165) is 43.5 Å². The summed E-state index contributed by atoms with van der Waals surface area (Å²) in [6, 6.07) is 6.83. The molecule has 0 spiro atoms. The van der Waals surface area contributed by atoms with Gasteiger partial charge in [-0.2, -0.15) is 0 Å². The maximum atomic E-state index is 14.5.